The number of nitrogens with zero attached hydrogens (tertiary/aromatic N) is 4. The van der Waals surface area contributed by atoms with Gasteiger partial charge in [-0.25, -0.2) is 4.79 Å². The number of amides is 1. The topological polar surface area (TPSA) is 109 Å². The van der Waals surface area contributed by atoms with Crippen LogP contribution in [-0.2, 0) is 10.2 Å². The number of aliphatic carboxylic acids is 1. The predicted molar refractivity (Wildman–Crippen MR) is 135 cm³/mol. The second-order valence-corrected chi connectivity index (χ2v) is 11.2. The lowest BCUT2D eigenvalue weighted by molar-refractivity contribution is -0.150. The van der Waals surface area contributed by atoms with Crippen molar-refractivity contribution in [2.45, 2.75) is 77.3 Å². The summed E-state index contributed by atoms with van der Waals surface area (Å²) in [4.78, 5) is 37.6. The van der Waals surface area contributed by atoms with Crippen LogP contribution in [0.25, 0.3) is 0 Å². The fourth-order valence-corrected chi connectivity index (χ4v) is 5.35. The number of likely N-dealkylation sites (tertiary alicyclic amines) is 1. The Kier molecular flexibility index (Phi) is 6.73. The summed E-state index contributed by atoms with van der Waals surface area (Å²) < 4.78 is 5.55. The number of aromatic nitrogens is 3. The third-order valence-corrected chi connectivity index (χ3v) is 6.93. The Hall–Kier alpha value is -3.55. The van der Waals surface area contributed by atoms with Gasteiger partial charge in [-0.1, -0.05) is 58.0 Å². The summed E-state index contributed by atoms with van der Waals surface area (Å²) in [5, 5.41) is 14.6. The minimum atomic E-state index is -1.46. The molecule has 0 unspecified atom stereocenters. The molecule has 2 aromatic heterocycles. The molecule has 0 radical (unpaired) electrons. The van der Waals surface area contributed by atoms with Gasteiger partial charge in [-0.05, 0) is 60.4 Å². The highest BCUT2D eigenvalue weighted by Crippen LogP contribution is 2.54. The van der Waals surface area contributed by atoms with E-state index in [1.165, 1.54) is 0 Å². The fraction of sp³-hybridized carbons (Fsp3) is 0.464. The molecule has 1 N–H and O–H groups in total. The summed E-state index contributed by atoms with van der Waals surface area (Å²) in [5.41, 5.74) is 0.729. The van der Waals surface area contributed by atoms with E-state index < -0.39 is 23.5 Å². The number of carboxylic acids is 1. The van der Waals surface area contributed by atoms with Gasteiger partial charge in [-0.3, -0.25) is 9.78 Å². The average Bonchev–Trinajstić information content (AvgIpc) is 3.40. The Morgan fingerprint density at radius 2 is 1.89 bits per heavy atom. The van der Waals surface area contributed by atoms with Crippen LogP contribution in [-0.4, -0.2) is 42.5 Å². The molecule has 1 aromatic carbocycles. The Morgan fingerprint density at radius 3 is 2.39 bits per heavy atom. The van der Waals surface area contributed by atoms with Crippen molar-refractivity contribution in [1.82, 2.24) is 20.0 Å². The normalized spacial score (nSPS) is 22.2. The minimum Gasteiger partial charge on any atom is -0.479 e. The van der Waals surface area contributed by atoms with Gasteiger partial charge in [0.2, 0.25) is 5.89 Å². The first-order valence-corrected chi connectivity index (χ1v) is 12.3. The van der Waals surface area contributed by atoms with Crippen LogP contribution >= 0.6 is 0 Å². The minimum absolute atomic E-state index is 0.0254. The Balaban J connectivity index is 1.91. The van der Waals surface area contributed by atoms with Crippen LogP contribution in [0.2, 0.25) is 0 Å². The Labute approximate surface area is 211 Å². The lowest BCUT2D eigenvalue weighted by atomic mass is 9.83. The standard InChI is InChI=1S/C28H34N4O4/c1-17(2)14-28(26(34)35)15-22(24-30-18(3)31-36-24)23(20-8-7-13-29-16-20)32(28)25(33)19-9-11-21(12-10-19)27(4,5)6/h7-13,16-17,22-23H,14-15H2,1-6H3,(H,34,35)/t22-,23-,28-/m0/s1. The number of carbonyl (C=O) groups is 2. The van der Waals surface area contributed by atoms with Crippen LogP contribution < -0.4 is 0 Å². The van der Waals surface area contributed by atoms with E-state index in [9.17, 15) is 14.7 Å². The van der Waals surface area contributed by atoms with E-state index in [-0.39, 0.29) is 30.1 Å². The molecule has 4 rings (SSSR count). The summed E-state index contributed by atoms with van der Waals surface area (Å²) in [7, 11) is 0. The van der Waals surface area contributed by atoms with Crippen molar-refractivity contribution >= 4 is 11.9 Å². The first-order chi connectivity index (χ1) is 16.9. The van der Waals surface area contributed by atoms with Crippen LogP contribution in [0.15, 0.2) is 53.3 Å². The van der Waals surface area contributed by atoms with Crippen molar-refractivity contribution < 1.29 is 19.2 Å². The van der Waals surface area contributed by atoms with Gasteiger partial charge >= 0.3 is 5.97 Å². The van der Waals surface area contributed by atoms with Gasteiger partial charge in [-0.15, -0.1) is 0 Å². The van der Waals surface area contributed by atoms with Gasteiger partial charge < -0.3 is 14.5 Å². The molecule has 0 saturated carbocycles. The van der Waals surface area contributed by atoms with E-state index in [1.807, 2.05) is 32.0 Å². The van der Waals surface area contributed by atoms with Gasteiger partial charge in [0.25, 0.3) is 5.91 Å². The van der Waals surface area contributed by atoms with E-state index in [1.54, 1.807) is 42.4 Å². The summed E-state index contributed by atoms with van der Waals surface area (Å²) in [6, 6.07) is 10.5. The molecule has 1 aliphatic heterocycles. The van der Waals surface area contributed by atoms with Gasteiger partial charge in [0.05, 0.1) is 12.0 Å². The maximum atomic E-state index is 14.3. The third kappa shape index (κ3) is 4.64. The Morgan fingerprint density at radius 1 is 1.19 bits per heavy atom. The number of carbonyl (C=O) groups excluding carboxylic acids is 1. The molecule has 3 aromatic rings. The summed E-state index contributed by atoms with van der Waals surface area (Å²) in [6.45, 7) is 12.0. The lowest BCUT2D eigenvalue weighted by Crippen LogP contribution is -2.54. The molecule has 0 aliphatic carbocycles. The molecular formula is C28H34N4O4. The molecule has 1 saturated heterocycles. The summed E-state index contributed by atoms with van der Waals surface area (Å²) in [6.07, 6.45) is 3.78. The molecule has 3 heterocycles. The molecule has 3 atom stereocenters. The lowest BCUT2D eigenvalue weighted by Gasteiger charge is -2.39. The van der Waals surface area contributed by atoms with Gasteiger partial charge in [0, 0.05) is 18.0 Å². The van der Waals surface area contributed by atoms with E-state index in [4.69, 9.17) is 4.52 Å². The maximum Gasteiger partial charge on any atom is 0.329 e. The Bertz CT molecular complexity index is 1230. The van der Waals surface area contributed by atoms with Crippen molar-refractivity contribution in [3.05, 3.63) is 77.2 Å². The zero-order chi connectivity index (χ0) is 26.3. The van der Waals surface area contributed by atoms with Crippen molar-refractivity contribution in [2.75, 3.05) is 0 Å². The SMILES string of the molecule is Cc1noc([C@H]2C[C@@](CC(C)C)(C(=O)O)N(C(=O)c3ccc(C(C)(C)C)cc3)[C@H]2c2cccnc2)n1. The van der Waals surface area contributed by atoms with E-state index in [2.05, 4.69) is 35.9 Å². The van der Waals surface area contributed by atoms with Crippen LogP contribution in [0.5, 0.6) is 0 Å². The molecular weight excluding hydrogens is 456 g/mol. The zero-order valence-corrected chi connectivity index (χ0v) is 21.7. The zero-order valence-electron chi connectivity index (χ0n) is 21.7. The van der Waals surface area contributed by atoms with Gasteiger partial charge in [-0.2, -0.15) is 4.98 Å². The first-order valence-electron chi connectivity index (χ1n) is 12.3. The molecule has 0 bridgehead atoms. The number of benzene rings is 1. The first kappa shape index (κ1) is 25.5. The smallest absolute Gasteiger partial charge is 0.329 e. The summed E-state index contributed by atoms with van der Waals surface area (Å²) in [5.74, 6) is -1.06. The van der Waals surface area contributed by atoms with E-state index in [0.29, 0.717) is 17.3 Å². The van der Waals surface area contributed by atoms with Crippen LogP contribution in [0.4, 0.5) is 0 Å². The highest BCUT2D eigenvalue weighted by atomic mass is 16.5. The number of aryl methyl sites for hydroxylation is 1. The summed E-state index contributed by atoms with van der Waals surface area (Å²) >= 11 is 0. The molecule has 1 amide bonds. The van der Waals surface area contributed by atoms with Crippen LogP contribution in [0, 0.1) is 12.8 Å². The predicted octanol–water partition coefficient (Wildman–Crippen LogP) is 5.31. The van der Waals surface area contributed by atoms with Gasteiger partial charge in [0.15, 0.2) is 5.82 Å². The molecule has 190 valence electrons. The molecule has 8 heteroatoms. The number of carboxylic acid groups (broad SMARTS) is 1. The van der Waals surface area contributed by atoms with Crippen LogP contribution in [0.3, 0.4) is 0 Å². The number of hydrogen-bond acceptors (Lipinski definition) is 6. The molecule has 1 fully saturated rings. The fourth-order valence-electron chi connectivity index (χ4n) is 5.35. The second kappa shape index (κ2) is 9.48. The average molecular weight is 491 g/mol. The van der Waals surface area contributed by atoms with Crippen molar-refractivity contribution in [3.8, 4) is 0 Å². The molecule has 1 aliphatic rings. The molecule has 0 spiro atoms. The largest absolute Gasteiger partial charge is 0.479 e. The molecule has 8 nitrogen and oxygen atoms in total. The number of hydrogen-bond donors (Lipinski definition) is 1. The maximum absolute atomic E-state index is 14.3. The van der Waals surface area contributed by atoms with Gasteiger partial charge in [0.1, 0.15) is 5.54 Å². The highest BCUT2D eigenvalue weighted by Gasteiger charge is 2.60. The van der Waals surface area contributed by atoms with E-state index >= 15 is 0 Å². The van der Waals surface area contributed by atoms with Crippen molar-refractivity contribution in [3.63, 3.8) is 0 Å². The monoisotopic (exact) mass is 490 g/mol. The third-order valence-electron chi connectivity index (χ3n) is 6.93. The molecule has 36 heavy (non-hydrogen) atoms. The van der Waals surface area contributed by atoms with Crippen molar-refractivity contribution in [1.29, 1.82) is 0 Å². The van der Waals surface area contributed by atoms with E-state index in [0.717, 1.165) is 11.1 Å². The number of pyridine rings is 1. The van der Waals surface area contributed by atoms with Crippen molar-refractivity contribution in [2.24, 2.45) is 5.92 Å². The highest BCUT2D eigenvalue weighted by molar-refractivity contribution is 5.99. The van der Waals surface area contributed by atoms with Crippen LogP contribution in [0.1, 0.15) is 92.6 Å². The quantitative estimate of drug-likeness (QED) is 0.498. The number of rotatable bonds is 6. The second-order valence-electron chi connectivity index (χ2n) is 11.2.